The summed E-state index contributed by atoms with van der Waals surface area (Å²) in [6.45, 7) is 1.66. The molecule has 2 unspecified atom stereocenters. The summed E-state index contributed by atoms with van der Waals surface area (Å²) in [4.78, 5) is 37.2. The largest absolute Gasteiger partial charge is 0.468 e. The Kier molecular flexibility index (Phi) is 6.17. The van der Waals surface area contributed by atoms with Gasteiger partial charge in [0.15, 0.2) is 15.1 Å². The van der Waals surface area contributed by atoms with Crippen LogP contribution in [0.2, 0.25) is 0 Å². The molecule has 2 rings (SSSR count). The Labute approximate surface area is 152 Å². The molecule has 0 saturated heterocycles. The minimum absolute atomic E-state index is 0.0577. The summed E-state index contributed by atoms with van der Waals surface area (Å²) in [6.07, 6.45) is 0.270. The Bertz CT molecular complexity index is 785. The molecule has 7 nitrogen and oxygen atoms in total. The van der Waals surface area contributed by atoms with E-state index in [-0.39, 0.29) is 24.3 Å². The third-order valence-electron chi connectivity index (χ3n) is 4.65. The first-order chi connectivity index (χ1) is 12.3. The van der Waals surface area contributed by atoms with Crippen molar-refractivity contribution in [1.29, 1.82) is 0 Å². The zero-order valence-corrected chi connectivity index (χ0v) is 15.6. The number of esters is 2. The van der Waals surface area contributed by atoms with Gasteiger partial charge >= 0.3 is 11.9 Å². The normalized spacial score (nSPS) is 21.2. The van der Waals surface area contributed by atoms with Gasteiger partial charge in [0.2, 0.25) is 0 Å². The fourth-order valence-corrected chi connectivity index (χ4v) is 4.97. The zero-order chi connectivity index (χ0) is 19.4. The van der Waals surface area contributed by atoms with E-state index in [0.29, 0.717) is 6.42 Å². The first-order valence-corrected chi connectivity index (χ1v) is 9.91. The molecule has 142 valence electrons. The SMILES string of the molecule is CCOC(=O)C1(CC(C(=O)OC)S(=O)(=O)c2ccccc2)CCCC1=O. The number of Topliss-reactive ketones (excluding diaryl/α,β-unsaturated/α-hetero) is 1. The molecule has 1 aromatic carbocycles. The number of benzene rings is 1. The number of ether oxygens (including phenoxy) is 2. The molecule has 0 aliphatic heterocycles. The lowest BCUT2D eigenvalue weighted by Gasteiger charge is -2.28. The minimum Gasteiger partial charge on any atom is -0.468 e. The van der Waals surface area contributed by atoms with Gasteiger partial charge in [-0.1, -0.05) is 18.2 Å². The van der Waals surface area contributed by atoms with Crippen LogP contribution in [0.1, 0.15) is 32.6 Å². The van der Waals surface area contributed by atoms with Crippen molar-refractivity contribution in [3.63, 3.8) is 0 Å². The summed E-state index contributed by atoms with van der Waals surface area (Å²) in [5.41, 5.74) is -1.63. The van der Waals surface area contributed by atoms with Crippen LogP contribution in [-0.4, -0.2) is 45.1 Å². The molecule has 8 heteroatoms. The number of hydrogen-bond acceptors (Lipinski definition) is 7. The standard InChI is InChI=1S/C18H22O7S/c1-3-25-17(21)18(11-7-10-15(18)19)12-14(16(20)24-2)26(22,23)13-8-5-4-6-9-13/h4-6,8-9,14H,3,7,10-12H2,1-2H3. The molecule has 2 atom stereocenters. The smallest absolute Gasteiger partial charge is 0.324 e. The van der Waals surface area contributed by atoms with Crippen molar-refractivity contribution in [1.82, 2.24) is 0 Å². The molecule has 0 heterocycles. The quantitative estimate of drug-likeness (QED) is 0.522. The lowest BCUT2D eigenvalue weighted by Crippen LogP contribution is -2.44. The van der Waals surface area contributed by atoms with E-state index in [1.54, 1.807) is 13.0 Å². The molecule has 26 heavy (non-hydrogen) atoms. The predicted molar refractivity (Wildman–Crippen MR) is 92.0 cm³/mol. The highest BCUT2D eigenvalue weighted by molar-refractivity contribution is 7.92. The maximum Gasteiger partial charge on any atom is 0.324 e. The zero-order valence-electron chi connectivity index (χ0n) is 14.8. The Hall–Kier alpha value is -2.22. The van der Waals surface area contributed by atoms with E-state index in [4.69, 9.17) is 4.74 Å². The second kappa shape index (κ2) is 7.99. The summed E-state index contributed by atoms with van der Waals surface area (Å²) in [5.74, 6) is -2.18. The van der Waals surface area contributed by atoms with Crippen LogP contribution in [0.4, 0.5) is 0 Å². The molecule has 1 aromatic rings. The Morgan fingerprint density at radius 3 is 2.38 bits per heavy atom. The fraction of sp³-hybridized carbons (Fsp3) is 0.500. The molecular weight excluding hydrogens is 360 g/mol. The number of ketones is 1. The highest BCUT2D eigenvalue weighted by Gasteiger charge is 2.54. The number of rotatable bonds is 7. The second-order valence-electron chi connectivity index (χ2n) is 6.15. The lowest BCUT2D eigenvalue weighted by molar-refractivity contribution is -0.159. The van der Waals surface area contributed by atoms with Crippen molar-refractivity contribution in [3.05, 3.63) is 30.3 Å². The van der Waals surface area contributed by atoms with Crippen LogP contribution in [0.5, 0.6) is 0 Å². The van der Waals surface area contributed by atoms with Crippen LogP contribution in [0, 0.1) is 5.41 Å². The van der Waals surface area contributed by atoms with Gasteiger partial charge in [-0.15, -0.1) is 0 Å². The van der Waals surface area contributed by atoms with Crippen LogP contribution in [0.15, 0.2) is 35.2 Å². The van der Waals surface area contributed by atoms with Gasteiger partial charge in [0.1, 0.15) is 11.2 Å². The molecule has 0 amide bonds. The monoisotopic (exact) mass is 382 g/mol. The molecule has 0 radical (unpaired) electrons. The van der Waals surface area contributed by atoms with Crippen molar-refractivity contribution < 1.29 is 32.3 Å². The second-order valence-corrected chi connectivity index (χ2v) is 8.28. The van der Waals surface area contributed by atoms with E-state index in [9.17, 15) is 22.8 Å². The van der Waals surface area contributed by atoms with E-state index < -0.39 is 44.6 Å². The molecule has 1 aliphatic rings. The molecule has 1 aliphatic carbocycles. The summed E-state index contributed by atoms with van der Waals surface area (Å²) in [5, 5.41) is -1.67. The van der Waals surface area contributed by atoms with Gasteiger partial charge < -0.3 is 9.47 Å². The number of carbonyl (C=O) groups excluding carboxylic acids is 3. The van der Waals surface area contributed by atoms with E-state index in [1.807, 2.05) is 0 Å². The Morgan fingerprint density at radius 1 is 1.23 bits per heavy atom. The van der Waals surface area contributed by atoms with E-state index in [2.05, 4.69) is 4.74 Å². The average Bonchev–Trinajstić information content (AvgIpc) is 3.01. The van der Waals surface area contributed by atoms with E-state index >= 15 is 0 Å². The molecule has 1 fully saturated rings. The molecule has 0 aromatic heterocycles. The van der Waals surface area contributed by atoms with Crippen LogP contribution in [0.3, 0.4) is 0 Å². The predicted octanol–water partition coefficient (Wildman–Crippen LogP) is 1.69. The van der Waals surface area contributed by atoms with Gasteiger partial charge in [-0.2, -0.15) is 0 Å². The van der Waals surface area contributed by atoms with Crippen LogP contribution in [0.25, 0.3) is 0 Å². The molecule has 0 bridgehead atoms. The Morgan fingerprint density at radius 2 is 1.88 bits per heavy atom. The number of hydrogen-bond donors (Lipinski definition) is 0. The van der Waals surface area contributed by atoms with Crippen molar-refractivity contribution in [2.45, 2.75) is 42.8 Å². The van der Waals surface area contributed by atoms with Gasteiger partial charge in [-0.3, -0.25) is 14.4 Å². The molecule has 0 spiro atoms. The summed E-state index contributed by atoms with van der Waals surface area (Å²) >= 11 is 0. The third kappa shape index (κ3) is 3.65. The lowest BCUT2D eigenvalue weighted by atomic mass is 9.80. The van der Waals surface area contributed by atoms with Crippen molar-refractivity contribution in [2.75, 3.05) is 13.7 Å². The Balaban J connectivity index is 2.49. The maximum atomic E-state index is 13.0. The topological polar surface area (TPSA) is 104 Å². The molecule has 0 N–H and O–H groups in total. The van der Waals surface area contributed by atoms with E-state index in [1.165, 1.54) is 24.3 Å². The highest BCUT2D eigenvalue weighted by atomic mass is 32.2. The van der Waals surface area contributed by atoms with Crippen molar-refractivity contribution >= 4 is 27.6 Å². The van der Waals surface area contributed by atoms with Gasteiger partial charge in [0.05, 0.1) is 18.6 Å². The van der Waals surface area contributed by atoms with Crippen molar-refractivity contribution in [2.24, 2.45) is 5.41 Å². The fourth-order valence-electron chi connectivity index (χ4n) is 3.26. The number of carbonyl (C=O) groups is 3. The van der Waals surface area contributed by atoms with Gasteiger partial charge in [0.25, 0.3) is 0 Å². The van der Waals surface area contributed by atoms with E-state index in [0.717, 1.165) is 7.11 Å². The average molecular weight is 382 g/mol. The van der Waals surface area contributed by atoms with Gasteiger partial charge in [-0.05, 0) is 38.3 Å². The van der Waals surface area contributed by atoms with Gasteiger partial charge in [0, 0.05) is 6.42 Å². The van der Waals surface area contributed by atoms with Crippen LogP contribution in [-0.2, 0) is 33.7 Å². The van der Waals surface area contributed by atoms with Crippen LogP contribution < -0.4 is 0 Å². The first-order valence-electron chi connectivity index (χ1n) is 8.37. The molecular formula is C18H22O7S. The summed E-state index contributed by atoms with van der Waals surface area (Å²) in [6, 6.07) is 7.43. The highest BCUT2D eigenvalue weighted by Crippen LogP contribution is 2.42. The number of methoxy groups -OCH3 is 1. The first kappa shape index (κ1) is 20.1. The van der Waals surface area contributed by atoms with Crippen molar-refractivity contribution in [3.8, 4) is 0 Å². The minimum atomic E-state index is -4.14. The molecule has 1 saturated carbocycles. The third-order valence-corrected chi connectivity index (χ3v) is 6.69. The summed E-state index contributed by atoms with van der Waals surface area (Å²) in [7, 11) is -3.07. The number of sulfone groups is 1. The van der Waals surface area contributed by atoms with Gasteiger partial charge in [-0.25, -0.2) is 8.42 Å². The summed E-state index contributed by atoms with van der Waals surface area (Å²) < 4.78 is 35.7. The van der Waals surface area contributed by atoms with Crippen LogP contribution >= 0.6 is 0 Å². The maximum absolute atomic E-state index is 13.0.